The number of unbranched alkanes of at least 4 members (excludes halogenated alkanes) is 1. The molecule has 2 nitrogen and oxygen atoms in total. The van der Waals surface area contributed by atoms with Crippen molar-refractivity contribution in [3.8, 4) is 11.1 Å². The Bertz CT molecular complexity index is 935. The lowest BCUT2D eigenvalue weighted by Crippen LogP contribution is -2.24. The van der Waals surface area contributed by atoms with Gasteiger partial charge in [-0.1, -0.05) is 70.2 Å². The predicted molar refractivity (Wildman–Crippen MR) is 142 cm³/mol. The van der Waals surface area contributed by atoms with Crippen LogP contribution in [0.3, 0.4) is 0 Å². The zero-order chi connectivity index (χ0) is 24.6. The van der Waals surface area contributed by atoms with Crippen LogP contribution in [0.1, 0.15) is 119 Å². The van der Waals surface area contributed by atoms with E-state index in [4.69, 9.17) is 4.74 Å². The smallest absolute Gasteiger partial charge is 0.338 e. The van der Waals surface area contributed by atoms with Crippen molar-refractivity contribution in [1.29, 1.82) is 0 Å². The first-order chi connectivity index (χ1) is 17.1. The summed E-state index contributed by atoms with van der Waals surface area (Å²) in [7, 11) is 0. The van der Waals surface area contributed by atoms with Gasteiger partial charge in [0.05, 0.1) is 5.56 Å². The van der Waals surface area contributed by atoms with Crippen LogP contribution < -0.4 is 0 Å². The zero-order valence-corrected chi connectivity index (χ0v) is 21.7. The Hall–Kier alpha value is -2.16. The van der Waals surface area contributed by atoms with Crippen LogP contribution >= 0.6 is 0 Å². The molecule has 35 heavy (non-hydrogen) atoms. The molecule has 2 aromatic carbocycles. The van der Waals surface area contributed by atoms with Crippen molar-refractivity contribution in [1.82, 2.24) is 0 Å². The van der Waals surface area contributed by atoms with Gasteiger partial charge in [0, 0.05) is 5.56 Å². The first-order valence-corrected chi connectivity index (χ1v) is 14.2. The Balaban J connectivity index is 1.32. The van der Waals surface area contributed by atoms with Crippen LogP contribution in [-0.4, -0.2) is 12.1 Å². The molecule has 190 valence electrons. The molecule has 0 N–H and O–H groups in total. The Kier molecular flexibility index (Phi) is 9.40. The second-order valence-corrected chi connectivity index (χ2v) is 11.0. The van der Waals surface area contributed by atoms with E-state index in [9.17, 15) is 4.79 Å². The van der Waals surface area contributed by atoms with Gasteiger partial charge in [-0.2, -0.15) is 0 Å². The van der Waals surface area contributed by atoms with Crippen LogP contribution in [0.15, 0.2) is 42.5 Å². The summed E-state index contributed by atoms with van der Waals surface area (Å²) in [6.45, 7) is 4.49. The minimum absolute atomic E-state index is 0.0296. The molecule has 0 aromatic heterocycles. The second kappa shape index (κ2) is 12.7. The lowest BCUT2D eigenvalue weighted by atomic mass is 9.77. The van der Waals surface area contributed by atoms with E-state index in [0.29, 0.717) is 17.0 Å². The number of benzene rings is 2. The molecule has 0 bridgehead atoms. The maximum absolute atomic E-state index is 15.1. The van der Waals surface area contributed by atoms with Gasteiger partial charge in [0.1, 0.15) is 11.9 Å². The van der Waals surface area contributed by atoms with Crippen molar-refractivity contribution in [2.24, 2.45) is 11.8 Å². The lowest BCUT2D eigenvalue weighted by molar-refractivity contribution is 0.0161. The van der Waals surface area contributed by atoms with E-state index < -0.39 is 0 Å². The molecule has 0 unspecified atom stereocenters. The van der Waals surface area contributed by atoms with Crippen molar-refractivity contribution in [2.75, 3.05) is 0 Å². The van der Waals surface area contributed by atoms with Gasteiger partial charge in [0.2, 0.25) is 0 Å². The highest BCUT2D eigenvalue weighted by Crippen LogP contribution is 2.39. The molecular weight excluding hydrogens is 435 g/mol. The van der Waals surface area contributed by atoms with Crippen LogP contribution in [0.2, 0.25) is 0 Å². The molecule has 0 atom stereocenters. The molecule has 0 amide bonds. The average Bonchev–Trinajstić information content (AvgIpc) is 2.89. The summed E-state index contributed by atoms with van der Waals surface area (Å²) in [6, 6.07) is 13.0. The Labute approximate surface area is 211 Å². The van der Waals surface area contributed by atoms with Crippen molar-refractivity contribution in [3.63, 3.8) is 0 Å². The van der Waals surface area contributed by atoms with Crippen LogP contribution in [0.5, 0.6) is 0 Å². The quantitative estimate of drug-likeness (QED) is 0.335. The SMILES string of the molecule is CCCC[C@H]1CC[C@H](c2ccc(-c3ccc(C(=O)OC4CCC(CCC)CC4)cc3)c(F)c2)CC1. The molecule has 2 aromatic rings. The van der Waals surface area contributed by atoms with Crippen molar-refractivity contribution in [2.45, 2.75) is 109 Å². The molecule has 0 heterocycles. The van der Waals surface area contributed by atoms with E-state index in [1.165, 1.54) is 57.8 Å². The topological polar surface area (TPSA) is 26.3 Å². The number of hydrogen-bond acceptors (Lipinski definition) is 2. The summed E-state index contributed by atoms with van der Waals surface area (Å²) in [6.07, 6.45) is 15.6. The minimum Gasteiger partial charge on any atom is -0.459 e. The van der Waals surface area contributed by atoms with Crippen LogP contribution in [0.25, 0.3) is 11.1 Å². The van der Waals surface area contributed by atoms with E-state index in [1.807, 2.05) is 18.2 Å². The third-order valence-electron chi connectivity index (χ3n) is 8.47. The highest BCUT2D eigenvalue weighted by Gasteiger charge is 2.25. The summed E-state index contributed by atoms with van der Waals surface area (Å²) >= 11 is 0. The van der Waals surface area contributed by atoms with Gasteiger partial charge in [-0.15, -0.1) is 0 Å². The molecule has 2 aliphatic carbocycles. The fourth-order valence-corrected chi connectivity index (χ4v) is 6.25. The highest BCUT2D eigenvalue weighted by molar-refractivity contribution is 5.90. The van der Waals surface area contributed by atoms with E-state index in [0.717, 1.165) is 48.6 Å². The molecule has 0 aliphatic heterocycles. The van der Waals surface area contributed by atoms with Gasteiger partial charge in [-0.25, -0.2) is 9.18 Å². The molecule has 3 heteroatoms. The first kappa shape index (κ1) is 25.9. The van der Waals surface area contributed by atoms with Crippen molar-refractivity contribution < 1.29 is 13.9 Å². The summed E-state index contributed by atoms with van der Waals surface area (Å²) in [5, 5.41) is 0. The number of carbonyl (C=O) groups is 1. The van der Waals surface area contributed by atoms with E-state index in [1.54, 1.807) is 18.2 Å². The monoisotopic (exact) mass is 478 g/mol. The number of halogens is 1. The molecule has 0 saturated heterocycles. The van der Waals surface area contributed by atoms with Crippen LogP contribution in [0.4, 0.5) is 4.39 Å². The normalized spacial score (nSPS) is 24.8. The molecule has 0 radical (unpaired) electrons. The average molecular weight is 479 g/mol. The van der Waals surface area contributed by atoms with E-state index >= 15 is 4.39 Å². The van der Waals surface area contributed by atoms with Gasteiger partial charge < -0.3 is 4.74 Å². The highest BCUT2D eigenvalue weighted by atomic mass is 19.1. The standard InChI is InChI=1S/C32H43FO2/c1-3-5-7-24-8-12-25(13-9-24)28-18-21-30(31(33)22-28)26-14-16-27(17-15-26)32(34)35-29-19-10-23(6-4-2)11-20-29/h14-18,21-25,29H,3-13,19-20H2,1-2H3/t23?,24-,25-,29?. The van der Waals surface area contributed by atoms with Crippen LogP contribution in [0, 0.1) is 17.7 Å². The summed E-state index contributed by atoms with van der Waals surface area (Å²) < 4.78 is 20.9. The van der Waals surface area contributed by atoms with Gasteiger partial charge in [0.15, 0.2) is 0 Å². The number of ether oxygens (including phenoxy) is 1. The number of esters is 1. The maximum Gasteiger partial charge on any atom is 0.338 e. The number of rotatable bonds is 9. The lowest BCUT2D eigenvalue weighted by Gasteiger charge is -2.29. The minimum atomic E-state index is -0.263. The third-order valence-corrected chi connectivity index (χ3v) is 8.47. The number of hydrogen-bond donors (Lipinski definition) is 0. The summed E-state index contributed by atoms with van der Waals surface area (Å²) in [5.74, 6) is 1.69. The third kappa shape index (κ3) is 6.96. The summed E-state index contributed by atoms with van der Waals surface area (Å²) in [5.41, 5.74) is 3.07. The molecule has 4 rings (SSSR count). The Morgan fingerprint density at radius 3 is 2.11 bits per heavy atom. The molecule has 2 fully saturated rings. The molecular formula is C32H43FO2. The van der Waals surface area contributed by atoms with E-state index in [-0.39, 0.29) is 17.9 Å². The fourth-order valence-electron chi connectivity index (χ4n) is 6.25. The first-order valence-electron chi connectivity index (χ1n) is 14.2. The van der Waals surface area contributed by atoms with E-state index in [2.05, 4.69) is 19.9 Å². The number of carbonyl (C=O) groups excluding carboxylic acids is 1. The zero-order valence-electron chi connectivity index (χ0n) is 21.7. The molecule has 2 saturated carbocycles. The van der Waals surface area contributed by atoms with Crippen molar-refractivity contribution in [3.05, 3.63) is 59.4 Å². The Morgan fingerprint density at radius 2 is 1.49 bits per heavy atom. The maximum atomic E-state index is 15.1. The largest absolute Gasteiger partial charge is 0.459 e. The van der Waals surface area contributed by atoms with Gasteiger partial charge in [-0.05, 0) is 98.4 Å². The fraction of sp³-hybridized carbons (Fsp3) is 0.594. The van der Waals surface area contributed by atoms with Gasteiger partial charge in [-0.3, -0.25) is 0 Å². The Morgan fingerprint density at radius 1 is 0.829 bits per heavy atom. The predicted octanol–water partition coefficient (Wildman–Crippen LogP) is 9.47. The summed E-state index contributed by atoms with van der Waals surface area (Å²) in [4.78, 5) is 12.6. The van der Waals surface area contributed by atoms with Crippen molar-refractivity contribution >= 4 is 5.97 Å². The van der Waals surface area contributed by atoms with Gasteiger partial charge >= 0.3 is 5.97 Å². The second-order valence-electron chi connectivity index (χ2n) is 11.0. The van der Waals surface area contributed by atoms with Gasteiger partial charge in [0.25, 0.3) is 0 Å². The van der Waals surface area contributed by atoms with Crippen LogP contribution in [-0.2, 0) is 4.74 Å². The molecule has 2 aliphatic rings. The molecule has 0 spiro atoms.